The molecule has 0 radical (unpaired) electrons. The molecule has 1 aromatic carbocycles. The highest BCUT2D eigenvalue weighted by atomic mass is 16.5. The van der Waals surface area contributed by atoms with E-state index in [9.17, 15) is 5.11 Å². The Bertz CT molecular complexity index is 323. The van der Waals surface area contributed by atoms with E-state index < -0.39 is 0 Å². The lowest BCUT2D eigenvalue weighted by Gasteiger charge is -2.20. The van der Waals surface area contributed by atoms with Gasteiger partial charge in [-0.3, -0.25) is 0 Å². The zero-order valence-corrected chi connectivity index (χ0v) is 10.5. The van der Waals surface area contributed by atoms with Crippen molar-refractivity contribution in [3.05, 3.63) is 35.9 Å². The van der Waals surface area contributed by atoms with E-state index in [2.05, 4.69) is 31.2 Å². The van der Waals surface area contributed by atoms with Gasteiger partial charge in [-0.25, -0.2) is 0 Å². The van der Waals surface area contributed by atoms with Gasteiger partial charge < -0.3 is 9.84 Å². The number of benzene rings is 1. The number of aliphatic hydroxyl groups is 1. The molecule has 1 saturated heterocycles. The Labute approximate surface area is 104 Å². The van der Waals surface area contributed by atoms with Gasteiger partial charge in [-0.2, -0.15) is 0 Å². The average Bonchev–Trinajstić information content (AvgIpc) is 2.77. The molecule has 3 atom stereocenters. The molecule has 0 spiro atoms. The van der Waals surface area contributed by atoms with Crippen LogP contribution in [-0.4, -0.2) is 23.9 Å². The van der Waals surface area contributed by atoms with Crippen LogP contribution in [0.1, 0.15) is 31.7 Å². The lowest BCUT2D eigenvalue weighted by Crippen LogP contribution is -2.26. The van der Waals surface area contributed by atoms with E-state index >= 15 is 0 Å². The molecule has 2 nitrogen and oxygen atoms in total. The molecule has 1 heterocycles. The normalized spacial score (nSPS) is 26.0. The second kappa shape index (κ2) is 6.18. The molecule has 3 unspecified atom stereocenters. The fourth-order valence-corrected chi connectivity index (χ4v) is 2.63. The van der Waals surface area contributed by atoms with Crippen LogP contribution in [0.5, 0.6) is 0 Å². The molecule has 0 aliphatic carbocycles. The van der Waals surface area contributed by atoms with E-state index in [1.807, 2.05) is 6.07 Å². The van der Waals surface area contributed by atoms with Crippen molar-refractivity contribution >= 4 is 0 Å². The van der Waals surface area contributed by atoms with Crippen molar-refractivity contribution < 1.29 is 9.84 Å². The Balaban J connectivity index is 1.71. The van der Waals surface area contributed by atoms with Crippen LogP contribution in [0.2, 0.25) is 0 Å². The van der Waals surface area contributed by atoms with Crippen molar-refractivity contribution in [3.63, 3.8) is 0 Å². The van der Waals surface area contributed by atoms with Gasteiger partial charge in [-0.1, -0.05) is 30.3 Å². The molecule has 0 saturated carbocycles. The van der Waals surface area contributed by atoms with Gasteiger partial charge in [0.2, 0.25) is 0 Å². The summed E-state index contributed by atoms with van der Waals surface area (Å²) in [5.74, 6) is 0.339. The van der Waals surface area contributed by atoms with Gasteiger partial charge in [-0.15, -0.1) is 0 Å². The molecular weight excluding hydrogens is 212 g/mol. The second-order valence-corrected chi connectivity index (χ2v) is 4.97. The van der Waals surface area contributed by atoms with Gasteiger partial charge in [-0.05, 0) is 38.2 Å². The molecule has 0 aromatic heterocycles. The summed E-state index contributed by atoms with van der Waals surface area (Å²) in [7, 11) is 0. The average molecular weight is 234 g/mol. The molecule has 1 N–H and O–H groups in total. The predicted molar refractivity (Wildman–Crippen MR) is 68.9 cm³/mol. The van der Waals surface area contributed by atoms with Crippen LogP contribution < -0.4 is 0 Å². The van der Waals surface area contributed by atoms with Crippen molar-refractivity contribution in [2.75, 3.05) is 6.61 Å². The lowest BCUT2D eigenvalue weighted by molar-refractivity contribution is 0.0387. The summed E-state index contributed by atoms with van der Waals surface area (Å²) in [5, 5.41) is 10.1. The van der Waals surface area contributed by atoms with Gasteiger partial charge in [0.25, 0.3) is 0 Å². The van der Waals surface area contributed by atoms with Gasteiger partial charge in [0.15, 0.2) is 0 Å². The van der Waals surface area contributed by atoms with Crippen molar-refractivity contribution in [3.8, 4) is 0 Å². The van der Waals surface area contributed by atoms with Crippen molar-refractivity contribution in [2.45, 2.75) is 44.8 Å². The SMILES string of the molecule is CC1OCCC1C(O)CCCc1ccccc1. The minimum atomic E-state index is -0.198. The molecule has 94 valence electrons. The summed E-state index contributed by atoms with van der Waals surface area (Å²) in [6, 6.07) is 10.5. The minimum Gasteiger partial charge on any atom is -0.393 e. The first-order valence-corrected chi connectivity index (χ1v) is 6.61. The molecule has 17 heavy (non-hydrogen) atoms. The highest BCUT2D eigenvalue weighted by Gasteiger charge is 2.30. The Hall–Kier alpha value is -0.860. The van der Waals surface area contributed by atoms with E-state index in [0.717, 1.165) is 32.3 Å². The first-order chi connectivity index (χ1) is 8.27. The Morgan fingerprint density at radius 2 is 2.12 bits per heavy atom. The maximum absolute atomic E-state index is 10.1. The number of ether oxygens (including phenoxy) is 1. The fourth-order valence-electron chi connectivity index (χ4n) is 2.63. The molecule has 1 fully saturated rings. The van der Waals surface area contributed by atoms with Crippen LogP contribution in [0, 0.1) is 5.92 Å². The summed E-state index contributed by atoms with van der Waals surface area (Å²) in [6.45, 7) is 2.87. The molecule has 0 amide bonds. The Kier molecular flexibility index (Phi) is 4.57. The summed E-state index contributed by atoms with van der Waals surface area (Å²) in [4.78, 5) is 0. The first-order valence-electron chi connectivity index (χ1n) is 6.61. The maximum atomic E-state index is 10.1. The van der Waals surface area contributed by atoms with Gasteiger partial charge >= 0.3 is 0 Å². The summed E-state index contributed by atoms with van der Waals surface area (Å²) in [5.41, 5.74) is 1.36. The topological polar surface area (TPSA) is 29.5 Å². The highest BCUT2D eigenvalue weighted by Crippen LogP contribution is 2.26. The van der Waals surface area contributed by atoms with E-state index in [1.54, 1.807) is 0 Å². The Morgan fingerprint density at radius 3 is 2.76 bits per heavy atom. The van der Waals surface area contributed by atoms with Crippen LogP contribution >= 0.6 is 0 Å². The Morgan fingerprint density at radius 1 is 1.35 bits per heavy atom. The monoisotopic (exact) mass is 234 g/mol. The zero-order chi connectivity index (χ0) is 12.1. The fraction of sp³-hybridized carbons (Fsp3) is 0.600. The molecular formula is C15H22O2. The molecule has 0 bridgehead atoms. The molecule has 1 aliphatic rings. The van der Waals surface area contributed by atoms with E-state index in [-0.39, 0.29) is 12.2 Å². The maximum Gasteiger partial charge on any atom is 0.0600 e. The van der Waals surface area contributed by atoms with Gasteiger partial charge in [0, 0.05) is 12.5 Å². The van der Waals surface area contributed by atoms with Crippen LogP contribution in [0.3, 0.4) is 0 Å². The third-order valence-electron chi connectivity index (χ3n) is 3.74. The number of hydrogen-bond donors (Lipinski definition) is 1. The summed E-state index contributed by atoms with van der Waals surface area (Å²) >= 11 is 0. The van der Waals surface area contributed by atoms with Crippen LogP contribution in [0.4, 0.5) is 0 Å². The number of aryl methyl sites for hydroxylation is 1. The predicted octanol–water partition coefficient (Wildman–Crippen LogP) is 2.80. The quantitative estimate of drug-likeness (QED) is 0.849. The third-order valence-corrected chi connectivity index (χ3v) is 3.74. The summed E-state index contributed by atoms with van der Waals surface area (Å²) < 4.78 is 5.49. The number of rotatable bonds is 5. The van der Waals surface area contributed by atoms with Crippen molar-refractivity contribution in [2.24, 2.45) is 5.92 Å². The first kappa shape index (κ1) is 12.6. The highest BCUT2D eigenvalue weighted by molar-refractivity contribution is 5.14. The van der Waals surface area contributed by atoms with Crippen molar-refractivity contribution in [1.29, 1.82) is 0 Å². The molecule has 2 rings (SSSR count). The van der Waals surface area contributed by atoms with Crippen LogP contribution in [-0.2, 0) is 11.2 Å². The van der Waals surface area contributed by atoms with Gasteiger partial charge in [0.05, 0.1) is 12.2 Å². The molecule has 2 heteroatoms. The number of aliphatic hydroxyl groups excluding tert-OH is 1. The lowest BCUT2D eigenvalue weighted by atomic mass is 9.92. The van der Waals surface area contributed by atoms with Gasteiger partial charge in [0.1, 0.15) is 0 Å². The second-order valence-electron chi connectivity index (χ2n) is 4.97. The van der Waals surface area contributed by atoms with E-state index in [0.29, 0.717) is 5.92 Å². The standard InChI is InChI=1S/C15H22O2/c1-12-14(10-11-17-12)15(16)9-5-8-13-6-3-2-4-7-13/h2-4,6-7,12,14-16H,5,8-11H2,1H3. The van der Waals surface area contributed by atoms with Crippen molar-refractivity contribution in [1.82, 2.24) is 0 Å². The van der Waals surface area contributed by atoms with Crippen LogP contribution in [0.15, 0.2) is 30.3 Å². The molecule has 1 aromatic rings. The minimum absolute atomic E-state index is 0.198. The zero-order valence-electron chi connectivity index (χ0n) is 10.5. The van der Waals surface area contributed by atoms with E-state index in [4.69, 9.17) is 4.74 Å². The largest absolute Gasteiger partial charge is 0.393 e. The summed E-state index contributed by atoms with van der Waals surface area (Å²) in [6.07, 6.45) is 4.02. The third kappa shape index (κ3) is 3.55. The number of hydrogen-bond acceptors (Lipinski definition) is 2. The molecule has 1 aliphatic heterocycles. The smallest absolute Gasteiger partial charge is 0.0600 e. The van der Waals surface area contributed by atoms with E-state index in [1.165, 1.54) is 5.56 Å². The van der Waals surface area contributed by atoms with Crippen LogP contribution in [0.25, 0.3) is 0 Å².